The number of benzene rings is 1. The highest BCUT2D eigenvalue weighted by molar-refractivity contribution is 5.99. The number of hydrogen-bond donors (Lipinski definition) is 2. The molecule has 6 nitrogen and oxygen atoms in total. The molecule has 1 aliphatic heterocycles. The Hall–Kier alpha value is -2.37. The average Bonchev–Trinajstić information content (AvgIpc) is 2.73. The van der Waals surface area contributed by atoms with Crippen molar-refractivity contribution in [2.24, 2.45) is 0 Å². The molecule has 0 spiro atoms. The minimum absolute atomic E-state index is 0.0970. The zero-order chi connectivity index (χ0) is 13.8. The lowest BCUT2D eigenvalue weighted by Gasteiger charge is -2.11. The molecule has 6 heteroatoms. The van der Waals surface area contributed by atoms with E-state index in [-0.39, 0.29) is 30.8 Å². The van der Waals surface area contributed by atoms with E-state index < -0.39 is 5.97 Å². The monoisotopic (exact) mass is 262 g/mol. The van der Waals surface area contributed by atoms with Gasteiger partial charge >= 0.3 is 5.97 Å². The standard InChI is InChI=1S/C13H14N2O4/c1-19-12(17)7-14-11(16)6-10-8-4-2-3-5-9(8)13(18)15-10/h2-5,10H,6-7H2,1H3,(H,14,16)(H,15,18). The molecule has 0 bridgehead atoms. The fourth-order valence-electron chi connectivity index (χ4n) is 1.98. The predicted molar refractivity (Wildman–Crippen MR) is 66.3 cm³/mol. The van der Waals surface area contributed by atoms with Gasteiger partial charge in [-0.25, -0.2) is 0 Å². The summed E-state index contributed by atoms with van der Waals surface area (Å²) in [5.74, 6) is -1.00. The molecule has 1 atom stereocenters. The molecule has 0 fully saturated rings. The number of rotatable bonds is 4. The van der Waals surface area contributed by atoms with Gasteiger partial charge in [0.05, 0.1) is 19.6 Å². The molecule has 0 saturated heterocycles. The Kier molecular flexibility index (Phi) is 3.79. The zero-order valence-electron chi connectivity index (χ0n) is 10.4. The summed E-state index contributed by atoms with van der Waals surface area (Å²) in [6.07, 6.45) is 0.0970. The van der Waals surface area contributed by atoms with E-state index in [2.05, 4.69) is 15.4 Å². The molecule has 0 aliphatic carbocycles. The van der Waals surface area contributed by atoms with Crippen LogP contribution in [0.5, 0.6) is 0 Å². The second-order valence-electron chi connectivity index (χ2n) is 4.17. The molecule has 0 aromatic heterocycles. The van der Waals surface area contributed by atoms with Gasteiger partial charge < -0.3 is 15.4 Å². The first-order valence-corrected chi connectivity index (χ1v) is 5.85. The average molecular weight is 262 g/mol. The quantitative estimate of drug-likeness (QED) is 0.756. The summed E-state index contributed by atoms with van der Waals surface area (Å²) in [7, 11) is 1.25. The van der Waals surface area contributed by atoms with E-state index in [1.165, 1.54) is 7.11 Å². The number of hydrogen-bond acceptors (Lipinski definition) is 4. The highest BCUT2D eigenvalue weighted by atomic mass is 16.5. The van der Waals surface area contributed by atoms with Crippen molar-refractivity contribution in [3.63, 3.8) is 0 Å². The van der Waals surface area contributed by atoms with Gasteiger partial charge in [0.1, 0.15) is 6.54 Å². The van der Waals surface area contributed by atoms with Gasteiger partial charge in [0, 0.05) is 5.56 Å². The third-order valence-electron chi connectivity index (χ3n) is 2.93. The number of carbonyl (C=O) groups is 3. The van der Waals surface area contributed by atoms with E-state index >= 15 is 0 Å². The van der Waals surface area contributed by atoms with Crippen molar-refractivity contribution < 1.29 is 19.1 Å². The minimum Gasteiger partial charge on any atom is -0.468 e. The molecule has 1 unspecified atom stereocenters. The van der Waals surface area contributed by atoms with Crippen LogP contribution < -0.4 is 10.6 Å². The first-order chi connectivity index (χ1) is 9.11. The van der Waals surface area contributed by atoms with Crippen molar-refractivity contribution in [3.8, 4) is 0 Å². The van der Waals surface area contributed by atoms with E-state index in [1.807, 2.05) is 12.1 Å². The van der Waals surface area contributed by atoms with E-state index in [9.17, 15) is 14.4 Å². The van der Waals surface area contributed by atoms with Crippen LogP contribution in [-0.2, 0) is 14.3 Å². The number of methoxy groups -OCH3 is 1. The van der Waals surface area contributed by atoms with Gasteiger partial charge in [-0.15, -0.1) is 0 Å². The highest BCUT2D eigenvalue weighted by Gasteiger charge is 2.29. The van der Waals surface area contributed by atoms with Crippen LogP contribution in [0.1, 0.15) is 28.4 Å². The Balaban J connectivity index is 1.96. The molecule has 1 aliphatic rings. The summed E-state index contributed by atoms with van der Waals surface area (Å²) < 4.78 is 4.42. The molecule has 2 N–H and O–H groups in total. The highest BCUT2D eigenvalue weighted by Crippen LogP contribution is 2.27. The summed E-state index contributed by atoms with van der Waals surface area (Å²) in [5.41, 5.74) is 1.40. The van der Waals surface area contributed by atoms with Gasteiger partial charge in [0.25, 0.3) is 5.91 Å². The largest absolute Gasteiger partial charge is 0.468 e. The van der Waals surface area contributed by atoms with Crippen LogP contribution in [0.3, 0.4) is 0 Å². The number of ether oxygens (including phenoxy) is 1. The maximum absolute atomic E-state index is 11.7. The second-order valence-corrected chi connectivity index (χ2v) is 4.17. The van der Waals surface area contributed by atoms with Crippen molar-refractivity contribution in [2.45, 2.75) is 12.5 Å². The van der Waals surface area contributed by atoms with Crippen molar-refractivity contribution in [1.29, 1.82) is 0 Å². The zero-order valence-corrected chi connectivity index (χ0v) is 10.4. The van der Waals surface area contributed by atoms with Crippen molar-refractivity contribution in [3.05, 3.63) is 35.4 Å². The molecule has 19 heavy (non-hydrogen) atoms. The number of esters is 1. The van der Waals surface area contributed by atoms with Crippen LogP contribution in [0.2, 0.25) is 0 Å². The summed E-state index contributed by atoms with van der Waals surface area (Å²) >= 11 is 0. The van der Waals surface area contributed by atoms with Crippen molar-refractivity contribution in [2.75, 3.05) is 13.7 Å². The Labute approximate surface area is 110 Å². The molecule has 1 aromatic rings. The molecular formula is C13H14N2O4. The SMILES string of the molecule is COC(=O)CNC(=O)CC1NC(=O)c2ccccc21. The van der Waals surface area contributed by atoms with Gasteiger partial charge in [-0.3, -0.25) is 14.4 Å². The third-order valence-corrected chi connectivity index (χ3v) is 2.93. The molecule has 0 radical (unpaired) electrons. The normalized spacial score (nSPS) is 16.5. The van der Waals surface area contributed by atoms with E-state index in [4.69, 9.17) is 0 Å². The summed E-state index contributed by atoms with van der Waals surface area (Å²) in [6.45, 7) is -0.169. The van der Waals surface area contributed by atoms with Crippen molar-refractivity contribution in [1.82, 2.24) is 10.6 Å². The Morgan fingerprint density at radius 3 is 2.84 bits per heavy atom. The Bertz CT molecular complexity index is 527. The van der Waals surface area contributed by atoms with Crippen LogP contribution in [0.25, 0.3) is 0 Å². The molecule has 0 saturated carbocycles. The Morgan fingerprint density at radius 2 is 2.11 bits per heavy atom. The lowest BCUT2D eigenvalue weighted by atomic mass is 10.0. The number of carbonyl (C=O) groups excluding carboxylic acids is 3. The number of nitrogens with one attached hydrogen (secondary N) is 2. The molecule has 100 valence electrons. The predicted octanol–water partition coefficient (Wildman–Crippen LogP) is 0.150. The van der Waals surface area contributed by atoms with Gasteiger partial charge in [-0.1, -0.05) is 18.2 Å². The second kappa shape index (κ2) is 5.51. The Morgan fingerprint density at radius 1 is 1.37 bits per heavy atom. The van der Waals surface area contributed by atoms with Crippen molar-refractivity contribution >= 4 is 17.8 Å². The summed E-state index contributed by atoms with van der Waals surface area (Å²) in [6, 6.07) is 6.78. The van der Waals surface area contributed by atoms with Crippen LogP contribution in [0.4, 0.5) is 0 Å². The van der Waals surface area contributed by atoms with Gasteiger partial charge in [-0.2, -0.15) is 0 Å². The molecule has 1 heterocycles. The topological polar surface area (TPSA) is 84.5 Å². The molecular weight excluding hydrogens is 248 g/mol. The minimum atomic E-state index is -0.510. The molecule has 2 rings (SSSR count). The van der Waals surface area contributed by atoms with E-state index in [0.29, 0.717) is 5.56 Å². The smallest absolute Gasteiger partial charge is 0.325 e. The van der Waals surface area contributed by atoms with E-state index in [1.54, 1.807) is 12.1 Å². The lowest BCUT2D eigenvalue weighted by Crippen LogP contribution is -2.33. The van der Waals surface area contributed by atoms with Gasteiger partial charge in [0.15, 0.2) is 0 Å². The van der Waals surface area contributed by atoms with Crippen LogP contribution in [0, 0.1) is 0 Å². The van der Waals surface area contributed by atoms with Gasteiger partial charge in [-0.05, 0) is 11.6 Å². The first-order valence-electron chi connectivity index (χ1n) is 5.85. The van der Waals surface area contributed by atoms with Crippen LogP contribution >= 0.6 is 0 Å². The molecule has 1 aromatic carbocycles. The maximum Gasteiger partial charge on any atom is 0.325 e. The van der Waals surface area contributed by atoms with Crippen LogP contribution in [0.15, 0.2) is 24.3 Å². The van der Waals surface area contributed by atoms with Crippen LogP contribution in [-0.4, -0.2) is 31.4 Å². The van der Waals surface area contributed by atoms with E-state index in [0.717, 1.165) is 5.56 Å². The maximum atomic E-state index is 11.7. The first kappa shape index (κ1) is 13.1. The molecule has 2 amide bonds. The number of amides is 2. The van der Waals surface area contributed by atoms with Gasteiger partial charge in [0.2, 0.25) is 5.91 Å². The summed E-state index contributed by atoms with van der Waals surface area (Å²) in [5, 5.41) is 5.18. The fraction of sp³-hybridized carbons (Fsp3) is 0.308. The fourth-order valence-corrected chi connectivity index (χ4v) is 1.98. The lowest BCUT2D eigenvalue weighted by molar-refractivity contribution is -0.141. The number of fused-ring (bicyclic) bond motifs is 1. The third kappa shape index (κ3) is 2.90. The summed E-state index contributed by atoms with van der Waals surface area (Å²) in [4.78, 5) is 34.2.